The molecule has 4 aliphatic carbocycles. The second-order valence-corrected chi connectivity index (χ2v) is 23.6. The van der Waals surface area contributed by atoms with Gasteiger partial charge in [-0.25, -0.2) is 4.79 Å². The molecule has 0 bridgehead atoms. The van der Waals surface area contributed by atoms with E-state index in [2.05, 4.69) is 58.1 Å². The minimum Gasteiger partial charge on any atom is -0.497 e. The molecule has 0 aliphatic heterocycles. The number of rotatable bonds is 28. The SMILES string of the molecule is COc1ccc(C(OCCC(O)CCCCCCC(=O)CCCCCNC(=O)O[C@@H]2CC[C@]3(C)C(=CCC4C3CC[C@]3(C)C4CC[C@H]3[C@@H](C)CCCC(C)C)C2)(c2ccccc2)c2ccc(OC)cc2)cc1. The summed E-state index contributed by atoms with van der Waals surface area (Å²) in [5.41, 5.74) is 4.34. The van der Waals surface area contributed by atoms with E-state index in [0.29, 0.717) is 50.0 Å². The van der Waals surface area contributed by atoms with Crippen molar-refractivity contribution in [2.45, 2.75) is 194 Å². The van der Waals surface area contributed by atoms with Crippen molar-refractivity contribution in [2.24, 2.45) is 46.3 Å². The number of hydrogen-bond donors (Lipinski definition) is 2. The van der Waals surface area contributed by atoms with Crippen molar-refractivity contribution >= 4 is 11.9 Å². The molecule has 9 atom stereocenters. The quantitative estimate of drug-likeness (QED) is 0.0424. The van der Waals surface area contributed by atoms with Crippen molar-refractivity contribution in [3.8, 4) is 11.5 Å². The first kappa shape index (κ1) is 55.6. The van der Waals surface area contributed by atoms with Gasteiger partial charge in [0, 0.05) is 25.8 Å². The van der Waals surface area contributed by atoms with E-state index in [1.165, 1.54) is 51.4 Å². The lowest BCUT2D eigenvalue weighted by Gasteiger charge is -2.58. The Balaban J connectivity index is 0.743. The van der Waals surface area contributed by atoms with E-state index in [1.807, 2.05) is 66.7 Å². The molecule has 2 N–H and O–H groups in total. The Hall–Kier alpha value is -4.14. The number of amides is 1. The molecular weight excluding hydrogens is 895 g/mol. The van der Waals surface area contributed by atoms with E-state index < -0.39 is 11.7 Å². The zero-order valence-corrected chi connectivity index (χ0v) is 45.6. The van der Waals surface area contributed by atoms with Crippen molar-refractivity contribution in [1.82, 2.24) is 5.32 Å². The van der Waals surface area contributed by atoms with Crippen LogP contribution in [-0.4, -0.2) is 56.6 Å². The Kier molecular flexibility index (Phi) is 20.4. The molecule has 396 valence electrons. The third-order valence-corrected chi connectivity index (χ3v) is 18.6. The first-order valence-electron chi connectivity index (χ1n) is 28.6. The van der Waals surface area contributed by atoms with Crippen LogP contribution < -0.4 is 14.8 Å². The highest BCUT2D eigenvalue weighted by Crippen LogP contribution is 2.67. The number of aliphatic hydroxyl groups excluding tert-OH is 1. The number of benzene rings is 3. The van der Waals surface area contributed by atoms with Gasteiger partial charge in [-0.05, 0) is 164 Å². The summed E-state index contributed by atoms with van der Waals surface area (Å²) in [5, 5.41) is 14.1. The van der Waals surface area contributed by atoms with Crippen molar-refractivity contribution in [3.63, 3.8) is 0 Å². The van der Waals surface area contributed by atoms with Gasteiger partial charge in [-0.15, -0.1) is 0 Å². The third kappa shape index (κ3) is 13.6. The molecular formula is C64H93NO7. The lowest BCUT2D eigenvalue weighted by atomic mass is 9.47. The zero-order valence-electron chi connectivity index (χ0n) is 45.6. The lowest BCUT2D eigenvalue weighted by Crippen LogP contribution is -2.51. The molecule has 3 aromatic rings. The van der Waals surface area contributed by atoms with Crippen LogP contribution in [0, 0.1) is 46.3 Å². The smallest absolute Gasteiger partial charge is 0.407 e. The highest BCUT2D eigenvalue weighted by molar-refractivity contribution is 5.78. The monoisotopic (exact) mass is 988 g/mol. The number of carbonyl (C=O) groups is 2. The molecule has 0 aromatic heterocycles. The minimum absolute atomic E-state index is 0.0386. The second kappa shape index (κ2) is 26.4. The fourth-order valence-corrected chi connectivity index (χ4v) is 14.5. The molecule has 1 amide bonds. The van der Waals surface area contributed by atoms with Crippen LogP contribution in [-0.2, 0) is 19.9 Å². The molecule has 0 saturated heterocycles. The zero-order chi connectivity index (χ0) is 51.1. The Morgan fingerprint density at radius 2 is 1.33 bits per heavy atom. The predicted octanol–water partition coefficient (Wildman–Crippen LogP) is 15.4. The van der Waals surface area contributed by atoms with E-state index in [-0.39, 0.29) is 17.6 Å². The van der Waals surface area contributed by atoms with Gasteiger partial charge in [-0.1, -0.05) is 146 Å². The van der Waals surface area contributed by atoms with E-state index in [0.717, 1.165) is 128 Å². The Bertz CT molecular complexity index is 2100. The van der Waals surface area contributed by atoms with Crippen molar-refractivity contribution in [3.05, 3.63) is 107 Å². The minimum atomic E-state index is -0.906. The number of alkyl carbamates (subject to hydrolysis) is 1. The summed E-state index contributed by atoms with van der Waals surface area (Å²) >= 11 is 0. The van der Waals surface area contributed by atoms with Crippen LogP contribution in [0.15, 0.2) is 90.5 Å². The summed E-state index contributed by atoms with van der Waals surface area (Å²) in [4.78, 5) is 25.6. The maximum atomic E-state index is 12.9. The Labute approximate surface area is 435 Å². The van der Waals surface area contributed by atoms with Gasteiger partial charge < -0.3 is 29.4 Å². The number of nitrogens with one attached hydrogen (secondary N) is 1. The van der Waals surface area contributed by atoms with Crippen LogP contribution in [0.1, 0.15) is 193 Å². The summed E-state index contributed by atoms with van der Waals surface area (Å²) in [6, 6.07) is 26.2. The number of carbonyl (C=O) groups excluding carboxylic acids is 2. The normalized spacial score (nSPS) is 25.6. The van der Waals surface area contributed by atoms with Crippen LogP contribution in [0.3, 0.4) is 0 Å². The second-order valence-electron chi connectivity index (χ2n) is 23.6. The fourth-order valence-electron chi connectivity index (χ4n) is 14.5. The average molecular weight is 988 g/mol. The highest BCUT2D eigenvalue weighted by Gasteiger charge is 2.59. The van der Waals surface area contributed by atoms with Gasteiger partial charge in [0.2, 0.25) is 0 Å². The Morgan fingerprint density at radius 3 is 1.99 bits per heavy atom. The summed E-state index contributed by atoms with van der Waals surface area (Å²) in [7, 11) is 3.33. The number of methoxy groups -OCH3 is 2. The van der Waals surface area contributed by atoms with Gasteiger partial charge in [0.15, 0.2) is 0 Å². The average Bonchev–Trinajstić information content (AvgIpc) is 3.75. The largest absolute Gasteiger partial charge is 0.497 e. The Morgan fingerprint density at radius 1 is 0.694 bits per heavy atom. The van der Waals surface area contributed by atoms with Crippen LogP contribution in [0.4, 0.5) is 4.79 Å². The number of hydrogen-bond acceptors (Lipinski definition) is 7. The van der Waals surface area contributed by atoms with Gasteiger partial charge in [-0.3, -0.25) is 4.79 Å². The van der Waals surface area contributed by atoms with Gasteiger partial charge >= 0.3 is 6.09 Å². The first-order valence-corrected chi connectivity index (χ1v) is 28.6. The topological polar surface area (TPSA) is 103 Å². The summed E-state index contributed by atoms with van der Waals surface area (Å²) in [6.45, 7) is 13.5. The fraction of sp³-hybridized carbons (Fsp3) is 0.656. The van der Waals surface area contributed by atoms with E-state index in [4.69, 9.17) is 18.9 Å². The van der Waals surface area contributed by atoms with E-state index >= 15 is 0 Å². The summed E-state index contributed by atoms with van der Waals surface area (Å²) in [5.74, 6) is 6.82. The predicted molar refractivity (Wildman–Crippen MR) is 291 cm³/mol. The number of fused-ring (bicyclic) bond motifs is 5. The molecule has 0 radical (unpaired) electrons. The number of unbranched alkanes of at least 4 members (excludes halogenated alkanes) is 5. The molecule has 4 aliphatic rings. The number of ketones is 1. The number of Topliss-reactive ketones (excluding diaryl/α,β-unsaturated/α-hetero) is 1. The number of aliphatic hydroxyl groups is 1. The van der Waals surface area contributed by atoms with E-state index in [1.54, 1.807) is 19.8 Å². The van der Waals surface area contributed by atoms with Crippen LogP contribution in [0.2, 0.25) is 0 Å². The van der Waals surface area contributed by atoms with Gasteiger partial charge in [0.05, 0.1) is 26.9 Å². The van der Waals surface area contributed by atoms with Gasteiger partial charge in [0.1, 0.15) is 29.0 Å². The van der Waals surface area contributed by atoms with E-state index in [9.17, 15) is 14.7 Å². The van der Waals surface area contributed by atoms with Crippen molar-refractivity contribution < 1.29 is 33.6 Å². The molecule has 0 spiro atoms. The van der Waals surface area contributed by atoms with Crippen LogP contribution in [0.5, 0.6) is 11.5 Å². The summed E-state index contributed by atoms with van der Waals surface area (Å²) in [6.07, 6.45) is 24.5. The first-order chi connectivity index (χ1) is 34.8. The van der Waals surface area contributed by atoms with Crippen molar-refractivity contribution in [2.75, 3.05) is 27.4 Å². The van der Waals surface area contributed by atoms with Crippen molar-refractivity contribution in [1.29, 1.82) is 0 Å². The molecule has 3 aromatic carbocycles. The molecule has 8 heteroatoms. The standard InChI is InChI=1S/C64H93NO7/c1-46(2)19-18-20-47(3)58-36-37-59-57-35-30-51-45-56(38-41-62(51,4)60(57)39-42-63(58,59)5)72-61(68)65-43-17-11-16-24-52(66)23-14-8-9-15-25-53(67)40-44-71-64(48-21-12-10-13-22-48,49-26-31-54(69-6)32-27-49)50-28-33-55(70-7)34-29-50/h10,12-13,21-22,26-34,46-47,53,56-60,67H,8-9,11,14-20,23-25,35-45H2,1-7H3,(H,65,68)/t47-,53?,56+,57?,58-,59?,60?,62+,63-/m0/s1. The third-order valence-electron chi connectivity index (χ3n) is 18.6. The highest BCUT2D eigenvalue weighted by atomic mass is 16.6. The summed E-state index contributed by atoms with van der Waals surface area (Å²) < 4.78 is 23.9. The molecule has 4 unspecified atom stereocenters. The molecule has 3 fully saturated rings. The maximum Gasteiger partial charge on any atom is 0.407 e. The lowest BCUT2D eigenvalue weighted by molar-refractivity contribution is -0.119. The maximum absolute atomic E-state index is 12.9. The molecule has 7 rings (SSSR count). The molecule has 8 nitrogen and oxygen atoms in total. The molecule has 0 heterocycles. The number of allylic oxidation sites excluding steroid dienone is 1. The molecule has 3 saturated carbocycles. The molecule has 72 heavy (non-hydrogen) atoms. The van der Waals surface area contributed by atoms with Gasteiger partial charge in [0.25, 0.3) is 0 Å². The number of ether oxygens (including phenoxy) is 4. The van der Waals surface area contributed by atoms with Crippen LogP contribution >= 0.6 is 0 Å². The van der Waals surface area contributed by atoms with Crippen LogP contribution in [0.25, 0.3) is 0 Å². The van der Waals surface area contributed by atoms with Gasteiger partial charge in [-0.2, -0.15) is 0 Å².